The average Bonchev–Trinajstić information content (AvgIpc) is 2.52. The fraction of sp³-hybridized carbons (Fsp3) is 0.667. The molecule has 0 heterocycles. The van der Waals surface area contributed by atoms with E-state index in [0.717, 1.165) is 32.1 Å². The van der Waals surface area contributed by atoms with Crippen LogP contribution in [-0.4, -0.2) is 18.0 Å². The van der Waals surface area contributed by atoms with E-state index in [0.29, 0.717) is 23.9 Å². The Kier molecular flexibility index (Phi) is 7.29. The zero-order valence-corrected chi connectivity index (χ0v) is 15.0. The van der Waals surface area contributed by atoms with Gasteiger partial charge in [-0.05, 0) is 76.3 Å². The van der Waals surface area contributed by atoms with Gasteiger partial charge in [0, 0.05) is 6.42 Å². The molecule has 1 aromatic carbocycles. The molecule has 0 aliphatic heterocycles. The summed E-state index contributed by atoms with van der Waals surface area (Å²) < 4.78 is 6.02. The fourth-order valence-electron chi connectivity index (χ4n) is 3.62. The molecule has 1 aromatic rings. The molecule has 2 atom stereocenters. The monoisotopic (exact) mass is 316 g/mol. The Balaban J connectivity index is 1.82. The summed E-state index contributed by atoms with van der Waals surface area (Å²) in [6, 6.07) is 9.16. The molecule has 2 nitrogen and oxygen atoms in total. The average molecular weight is 316 g/mol. The summed E-state index contributed by atoms with van der Waals surface area (Å²) in [5.41, 5.74) is 2.86. The second-order valence-electron chi connectivity index (χ2n) is 7.32. The van der Waals surface area contributed by atoms with E-state index in [4.69, 9.17) is 4.74 Å². The number of benzene rings is 1. The lowest BCUT2D eigenvalue weighted by Crippen LogP contribution is -2.24. The van der Waals surface area contributed by atoms with Gasteiger partial charge in [0.25, 0.3) is 0 Å². The first kappa shape index (κ1) is 18.2. The van der Waals surface area contributed by atoms with E-state index < -0.39 is 0 Å². The highest BCUT2D eigenvalue weighted by Crippen LogP contribution is 2.34. The number of ketones is 1. The van der Waals surface area contributed by atoms with Gasteiger partial charge in [-0.3, -0.25) is 0 Å². The summed E-state index contributed by atoms with van der Waals surface area (Å²) >= 11 is 0. The van der Waals surface area contributed by atoms with Gasteiger partial charge in [-0.25, -0.2) is 0 Å². The summed E-state index contributed by atoms with van der Waals surface area (Å²) in [6.45, 7) is 5.93. The molecule has 2 rings (SSSR count). The van der Waals surface area contributed by atoms with E-state index in [9.17, 15) is 4.79 Å². The molecule has 2 unspecified atom stereocenters. The number of carbonyl (C=O) groups is 1. The summed E-state index contributed by atoms with van der Waals surface area (Å²) in [5.74, 6) is 0.954. The van der Waals surface area contributed by atoms with Gasteiger partial charge in [-0.1, -0.05) is 30.7 Å². The highest BCUT2D eigenvalue weighted by molar-refractivity contribution is 5.75. The number of Topliss-reactive ketones (excluding diaryl/α,β-unsaturated/α-hetero) is 1. The Morgan fingerprint density at radius 3 is 2.57 bits per heavy atom. The van der Waals surface area contributed by atoms with Gasteiger partial charge >= 0.3 is 0 Å². The van der Waals surface area contributed by atoms with Crippen LogP contribution >= 0.6 is 0 Å². The van der Waals surface area contributed by atoms with Crippen molar-refractivity contribution in [3.05, 3.63) is 35.4 Å². The fourth-order valence-corrected chi connectivity index (χ4v) is 3.62. The van der Waals surface area contributed by atoms with Crippen molar-refractivity contribution in [1.29, 1.82) is 0 Å². The Morgan fingerprint density at radius 1 is 1.17 bits per heavy atom. The molecule has 0 aromatic heterocycles. The van der Waals surface area contributed by atoms with Crippen molar-refractivity contribution in [2.45, 2.75) is 90.3 Å². The minimum Gasteiger partial charge on any atom is -0.376 e. The number of carbonyl (C=O) groups excluding carboxylic acids is 1. The Labute approximate surface area is 141 Å². The van der Waals surface area contributed by atoms with Crippen molar-refractivity contribution >= 4 is 5.78 Å². The first-order chi connectivity index (χ1) is 11.0. The van der Waals surface area contributed by atoms with Crippen molar-refractivity contribution in [3.8, 4) is 0 Å². The van der Waals surface area contributed by atoms with Gasteiger partial charge in [0.15, 0.2) is 0 Å². The third-order valence-electron chi connectivity index (χ3n) is 4.79. The van der Waals surface area contributed by atoms with Crippen LogP contribution in [0.3, 0.4) is 0 Å². The summed E-state index contributed by atoms with van der Waals surface area (Å²) in [4.78, 5) is 11.0. The van der Waals surface area contributed by atoms with E-state index in [2.05, 4.69) is 38.1 Å². The molecule has 0 saturated heterocycles. The highest BCUT2D eigenvalue weighted by atomic mass is 16.5. The summed E-state index contributed by atoms with van der Waals surface area (Å²) in [7, 11) is 0. The van der Waals surface area contributed by atoms with Crippen LogP contribution in [0.1, 0.15) is 82.8 Å². The second-order valence-corrected chi connectivity index (χ2v) is 7.32. The first-order valence-electron chi connectivity index (χ1n) is 9.28. The van der Waals surface area contributed by atoms with Crippen LogP contribution in [-0.2, 0) is 16.0 Å². The predicted molar refractivity (Wildman–Crippen MR) is 95.9 cm³/mol. The number of unbranched alkanes of at least 4 members (excludes halogenated alkanes) is 1. The van der Waals surface area contributed by atoms with Gasteiger partial charge in [0.2, 0.25) is 0 Å². The molecule has 0 spiro atoms. The van der Waals surface area contributed by atoms with Crippen molar-refractivity contribution in [1.82, 2.24) is 0 Å². The number of hydrogen-bond donors (Lipinski definition) is 0. The van der Waals surface area contributed by atoms with Crippen LogP contribution in [0.25, 0.3) is 0 Å². The predicted octanol–water partition coefficient (Wildman–Crippen LogP) is 5.44. The molecular weight excluding hydrogens is 284 g/mol. The lowest BCUT2D eigenvalue weighted by molar-refractivity contribution is -0.117. The summed E-state index contributed by atoms with van der Waals surface area (Å²) in [5, 5.41) is 0. The standard InChI is InChI=1S/C21H32O2/c1-16(2)23-21-10-6-9-20(15-21)19-13-11-18(12-14-19)8-5-4-7-17(3)22/h11-14,16,20-21H,4-10,15H2,1-3H3. The topological polar surface area (TPSA) is 26.3 Å². The van der Waals surface area contributed by atoms with Gasteiger partial charge in [0.1, 0.15) is 5.78 Å². The van der Waals surface area contributed by atoms with Crippen molar-refractivity contribution in [2.24, 2.45) is 0 Å². The largest absolute Gasteiger partial charge is 0.376 e. The number of ether oxygens (including phenoxy) is 1. The maximum atomic E-state index is 11.0. The van der Waals surface area contributed by atoms with Crippen LogP contribution in [0.4, 0.5) is 0 Å². The zero-order valence-electron chi connectivity index (χ0n) is 15.0. The lowest BCUT2D eigenvalue weighted by Gasteiger charge is -2.30. The number of rotatable bonds is 8. The minimum atomic E-state index is 0.302. The Bertz CT molecular complexity index is 475. The molecule has 2 heteroatoms. The normalized spacial score (nSPS) is 21.6. The third-order valence-corrected chi connectivity index (χ3v) is 4.79. The summed E-state index contributed by atoms with van der Waals surface area (Å²) in [6.07, 6.45) is 9.61. The smallest absolute Gasteiger partial charge is 0.129 e. The highest BCUT2D eigenvalue weighted by Gasteiger charge is 2.24. The number of hydrogen-bond acceptors (Lipinski definition) is 2. The molecule has 1 saturated carbocycles. The third kappa shape index (κ3) is 6.47. The van der Waals surface area contributed by atoms with Crippen LogP contribution in [0, 0.1) is 0 Å². The Morgan fingerprint density at radius 2 is 1.91 bits per heavy atom. The quantitative estimate of drug-likeness (QED) is 0.597. The second kappa shape index (κ2) is 9.22. The van der Waals surface area contributed by atoms with Crippen molar-refractivity contribution in [2.75, 3.05) is 0 Å². The van der Waals surface area contributed by atoms with E-state index in [1.54, 1.807) is 6.92 Å². The van der Waals surface area contributed by atoms with Gasteiger partial charge in [-0.15, -0.1) is 0 Å². The minimum absolute atomic E-state index is 0.302. The number of aryl methyl sites for hydroxylation is 1. The molecule has 0 amide bonds. The molecule has 1 aliphatic rings. The van der Waals surface area contributed by atoms with Crippen LogP contribution in [0.2, 0.25) is 0 Å². The van der Waals surface area contributed by atoms with E-state index in [-0.39, 0.29) is 0 Å². The maximum Gasteiger partial charge on any atom is 0.129 e. The molecular formula is C21H32O2. The van der Waals surface area contributed by atoms with Gasteiger partial charge in [-0.2, -0.15) is 0 Å². The van der Waals surface area contributed by atoms with E-state index in [1.807, 2.05) is 0 Å². The van der Waals surface area contributed by atoms with Crippen LogP contribution in [0.15, 0.2) is 24.3 Å². The molecule has 128 valence electrons. The first-order valence-corrected chi connectivity index (χ1v) is 9.28. The SMILES string of the molecule is CC(=O)CCCCc1ccc(C2CCCC(OC(C)C)C2)cc1. The Hall–Kier alpha value is -1.15. The molecule has 0 bridgehead atoms. The molecule has 1 aliphatic carbocycles. The van der Waals surface area contributed by atoms with Gasteiger partial charge < -0.3 is 9.53 Å². The zero-order chi connectivity index (χ0) is 16.7. The molecule has 23 heavy (non-hydrogen) atoms. The molecule has 0 radical (unpaired) electrons. The van der Waals surface area contributed by atoms with Crippen molar-refractivity contribution < 1.29 is 9.53 Å². The molecule has 1 fully saturated rings. The van der Waals surface area contributed by atoms with E-state index in [1.165, 1.54) is 30.4 Å². The lowest BCUT2D eigenvalue weighted by atomic mass is 9.82. The van der Waals surface area contributed by atoms with Gasteiger partial charge in [0.05, 0.1) is 12.2 Å². The van der Waals surface area contributed by atoms with Crippen LogP contribution < -0.4 is 0 Å². The van der Waals surface area contributed by atoms with Crippen molar-refractivity contribution in [3.63, 3.8) is 0 Å². The van der Waals surface area contributed by atoms with E-state index >= 15 is 0 Å². The van der Waals surface area contributed by atoms with Crippen LogP contribution in [0.5, 0.6) is 0 Å². The molecule has 0 N–H and O–H groups in total. The maximum absolute atomic E-state index is 11.0.